The van der Waals surface area contributed by atoms with Gasteiger partial charge >= 0.3 is 5.97 Å². The smallest absolute Gasteiger partial charge is 0.322 e. The Kier molecular flexibility index (Phi) is 6.43. The van der Waals surface area contributed by atoms with E-state index in [1.807, 2.05) is 25.3 Å². The zero-order valence-corrected chi connectivity index (χ0v) is 18.3. The predicted octanol–water partition coefficient (Wildman–Crippen LogP) is 4.50. The first-order valence-corrected chi connectivity index (χ1v) is 11.3. The second-order valence-corrected chi connectivity index (χ2v) is 10.9. The molecule has 2 rings (SSSR count). The van der Waals surface area contributed by atoms with Gasteiger partial charge in [0.25, 0.3) is 5.91 Å². The number of amides is 1. The van der Waals surface area contributed by atoms with Crippen LogP contribution in [0.5, 0.6) is 0 Å². The van der Waals surface area contributed by atoms with Crippen LogP contribution in [0.3, 0.4) is 0 Å². The standard InChI is InChI=1S/C18H25NO4S3/c1-11(2)9-18(6,16(21)23-17(3,4)5)15(20)19-26(22)13-10-25-12-7-8-24-14(12)13/h7-8,10-11H,9H2,1-6H3,(H,19,20)/t18-,26?/m1/s1. The van der Waals surface area contributed by atoms with Crippen molar-refractivity contribution in [3.05, 3.63) is 16.8 Å². The average Bonchev–Trinajstić information content (AvgIpc) is 3.06. The monoisotopic (exact) mass is 415 g/mol. The molecule has 1 amide bonds. The lowest BCUT2D eigenvalue weighted by atomic mass is 9.81. The highest BCUT2D eigenvalue weighted by Gasteiger charge is 2.46. The largest absolute Gasteiger partial charge is 0.588 e. The highest BCUT2D eigenvalue weighted by molar-refractivity contribution is 7.90. The number of esters is 1. The van der Waals surface area contributed by atoms with Crippen molar-refractivity contribution in [2.24, 2.45) is 11.3 Å². The van der Waals surface area contributed by atoms with Crippen LogP contribution in [0.1, 0.15) is 48.0 Å². The molecule has 0 saturated heterocycles. The van der Waals surface area contributed by atoms with Crippen molar-refractivity contribution in [1.29, 1.82) is 0 Å². The molecule has 1 unspecified atom stereocenters. The molecule has 0 fully saturated rings. The Bertz CT molecular complexity index is 790. The Morgan fingerprint density at radius 2 is 1.92 bits per heavy atom. The lowest BCUT2D eigenvalue weighted by Gasteiger charge is -2.31. The SMILES string of the molecule is CC(C)C[C@](C)(C(=O)N[S+]([O-])c1csc2ccsc12)C(=O)OC(C)(C)C. The molecular formula is C18H25NO4S3. The molecule has 0 aliphatic heterocycles. The third-order valence-corrected chi connectivity index (χ3v) is 7.09. The Labute approximate surface area is 165 Å². The number of carbonyl (C=O) groups is 2. The van der Waals surface area contributed by atoms with Gasteiger partial charge in [0.2, 0.25) is 4.90 Å². The number of ether oxygens (including phenoxy) is 1. The van der Waals surface area contributed by atoms with Gasteiger partial charge in [-0.1, -0.05) is 13.8 Å². The van der Waals surface area contributed by atoms with E-state index in [9.17, 15) is 14.1 Å². The molecule has 0 radical (unpaired) electrons. The molecule has 2 heterocycles. The summed E-state index contributed by atoms with van der Waals surface area (Å²) in [6.45, 7) is 10.7. The minimum atomic E-state index is -1.72. The third-order valence-electron chi connectivity index (χ3n) is 3.70. The van der Waals surface area contributed by atoms with E-state index in [1.165, 1.54) is 22.7 Å². The minimum Gasteiger partial charge on any atom is -0.588 e. The van der Waals surface area contributed by atoms with Crippen LogP contribution in [0, 0.1) is 11.3 Å². The van der Waals surface area contributed by atoms with Gasteiger partial charge in [-0.05, 0) is 51.5 Å². The predicted molar refractivity (Wildman–Crippen MR) is 108 cm³/mol. The summed E-state index contributed by atoms with van der Waals surface area (Å²) in [5.41, 5.74) is -2.10. The molecule has 0 spiro atoms. The lowest BCUT2D eigenvalue weighted by Crippen LogP contribution is -2.49. The Morgan fingerprint density at radius 3 is 2.50 bits per heavy atom. The molecule has 2 aromatic heterocycles. The van der Waals surface area contributed by atoms with Crippen molar-refractivity contribution < 1.29 is 18.9 Å². The number of rotatable bonds is 6. The number of fused-ring (bicyclic) bond motifs is 1. The molecule has 8 heteroatoms. The summed E-state index contributed by atoms with van der Waals surface area (Å²) in [6.07, 6.45) is 0.309. The summed E-state index contributed by atoms with van der Waals surface area (Å²) in [6, 6.07) is 1.96. The maximum Gasteiger partial charge on any atom is 0.322 e. The van der Waals surface area contributed by atoms with Crippen molar-refractivity contribution in [2.75, 3.05) is 0 Å². The van der Waals surface area contributed by atoms with Gasteiger partial charge in [0.05, 0.1) is 10.1 Å². The van der Waals surface area contributed by atoms with E-state index in [-0.39, 0.29) is 5.92 Å². The summed E-state index contributed by atoms with van der Waals surface area (Å²) in [4.78, 5) is 26.2. The fraction of sp³-hybridized carbons (Fsp3) is 0.556. The van der Waals surface area contributed by atoms with Crippen molar-refractivity contribution in [2.45, 2.75) is 58.5 Å². The molecule has 144 valence electrons. The van der Waals surface area contributed by atoms with E-state index in [1.54, 1.807) is 33.1 Å². The maximum absolute atomic E-state index is 12.9. The van der Waals surface area contributed by atoms with Crippen LogP contribution in [0.15, 0.2) is 21.7 Å². The molecule has 0 aromatic carbocycles. The Hall–Kier alpha value is -1.09. The van der Waals surface area contributed by atoms with Gasteiger partial charge in [-0.15, -0.1) is 22.7 Å². The summed E-state index contributed by atoms with van der Waals surface area (Å²) in [7, 11) is 0. The van der Waals surface area contributed by atoms with E-state index < -0.39 is 34.3 Å². The van der Waals surface area contributed by atoms with E-state index in [4.69, 9.17) is 4.74 Å². The van der Waals surface area contributed by atoms with Crippen LogP contribution >= 0.6 is 22.7 Å². The first-order valence-electron chi connectivity index (χ1n) is 8.35. The van der Waals surface area contributed by atoms with Crippen LogP contribution in [0.2, 0.25) is 0 Å². The second-order valence-electron chi connectivity index (χ2n) is 7.85. The van der Waals surface area contributed by atoms with E-state index in [0.717, 1.165) is 9.40 Å². The molecule has 1 N–H and O–H groups in total. The van der Waals surface area contributed by atoms with E-state index in [0.29, 0.717) is 11.3 Å². The Balaban J connectivity index is 2.23. The fourth-order valence-electron chi connectivity index (χ4n) is 2.60. The molecule has 0 aliphatic carbocycles. The summed E-state index contributed by atoms with van der Waals surface area (Å²) >= 11 is 1.24. The molecule has 0 saturated carbocycles. The molecule has 5 nitrogen and oxygen atoms in total. The van der Waals surface area contributed by atoms with Gasteiger partial charge in [0, 0.05) is 0 Å². The quantitative estimate of drug-likeness (QED) is 0.428. The number of hydrogen-bond acceptors (Lipinski definition) is 6. The van der Waals surface area contributed by atoms with Gasteiger partial charge < -0.3 is 9.29 Å². The summed E-state index contributed by atoms with van der Waals surface area (Å²) in [5.74, 6) is -1.08. The van der Waals surface area contributed by atoms with Crippen molar-refractivity contribution in [3.8, 4) is 0 Å². The normalized spacial score (nSPS) is 15.7. The zero-order valence-electron chi connectivity index (χ0n) is 15.9. The number of carbonyl (C=O) groups excluding carboxylic acids is 2. The second kappa shape index (κ2) is 7.88. The summed E-state index contributed by atoms with van der Waals surface area (Å²) < 4.78 is 22.6. The van der Waals surface area contributed by atoms with Crippen LogP contribution in [-0.2, 0) is 25.7 Å². The highest BCUT2D eigenvalue weighted by Crippen LogP contribution is 2.35. The van der Waals surface area contributed by atoms with Crippen LogP contribution in [0.4, 0.5) is 0 Å². The van der Waals surface area contributed by atoms with Crippen LogP contribution in [0.25, 0.3) is 9.40 Å². The molecule has 0 aliphatic rings. The number of nitrogens with one attached hydrogen (secondary N) is 1. The molecule has 2 aromatic rings. The van der Waals surface area contributed by atoms with E-state index in [2.05, 4.69) is 4.72 Å². The van der Waals surface area contributed by atoms with Gasteiger partial charge in [-0.3, -0.25) is 9.59 Å². The van der Waals surface area contributed by atoms with Gasteiger partial charge in [0.1, 0.15) is 27.1 Å². The molecular weight excluding hydrogens is 390 g/mol. The first kappa shape index (κ1) is 21.2. The van der Waals surface area contributed by atoms with Crippen molar-refractivity contribution >= 4 is 55.3 Å². The summed E-state index contributed by atoms with van der Waals surface area (Å²) in [5, 5.41) is 3.71. The van der Waals surface area contributed by atoms with Crippen LogP contribution in [-0.4, -0.2) is 22.0 Å². The van der Waals surface area contributed by atoms with Crippen molar-refractivity contribution in [3.63, 3.8) is 0 Å². The molecule has 26 heavy (non-hydrogen) atoms. The van der Waals surface area contributed by atoms with Crippen LogP contribution < -0.4 is 4.72 Å². The fourth-order valence-corrected chi connectivity index (χ4v) is 6.17. The van der Waals surface area contributed by atoms with E-state index >= 15 is 0 Å². The Morgan fingerprint density at radius 1 is 1.27 bits per heavy atom. The molecule has 0 bridgehead atoms. The number of hydrogen-bond donors (Lipinski definition) is 1. The first-order chi connectivity index (χ1) is 11.9. The number of thiophene rings is 2. The zero-order chi connectivity index (χ0) is 19.7. The maximum atomic E-state index is 12.9. The van der Waals surface area contributed by atoms with Gasteiger partial charge in [-0.2, -0.15) is 4.72 Å². The topological polar surface area (TPSA) is 78.5 Å². The van der Waals surface area contributed by atoms with Crippen molar-refractivity contribution in [1.82, 2.24) is 4.72 Å². The molecule has 2 atom stereocenters. The van der Waals surface area contributed by atoms with Gasteiger partial charge in [0.15, 0.2) is 0 Å². The lowest BCUT2D eigenvalue weighted by molar-refractivity contribution is -0.170. The van der Waals surface area contributed by atoms with Gasteiger partial charge in [-0.25, -0.2) is 0 Å². The minimum absolute atomic E-state index is 0.0943. The third kappa shape index (κ3) is 4.79. The highest BCUT2D eigenvalue weighted by atomic mass is 32.2. The average molecular weight is 416 g/mol.